The summed E-state index contributed by atoms with van der Waals surface area (Å²) in [7, 11) is 0. The van der Waals surface area contributed by atoms with Gasteiger partial charge in [-0.2, -0.15) is 0 Å². The molecule has 2 heterocycles. The Hall–Kier alpha value is -7.63. The summed E-state index contributed by atoms with van der Waals surface area (Å²) in [5.74, 6) is 1.83. The van der Waals surface area contributed by atoms with Crippen molar-refractivity contribution in [2.75, 3.05) is 4.90 Å². The monoisotopic (exact) mass is 718 g/mol. The Kier molecular flexibility index (Phi) is 8.43. The first-order chi connectivity index (χ1) is 27.7. The Balaban J connectivity index is 1.15. The average molecular weight is 719 g/mol. The van der Waals surface area contributed by atoms with E-state index in [1.807, 2.05) is 72.8 Å². The lowest BCUT2D eigenvalue weighted by atomic mass is 9.97. The summed E-state index contributed by atoms with van der Waals surface area (Å²) in [4.78, 5) is 17.3. The minimum absolute atomic E-state index is 0.590. The third-order valence-electron chi connectivity index (χ3n) is 10.1. The number of rotatable bonds is 8. The highest BCUT2D eigenvalue weighted by molar-refractivity contribution is 6.12. The molecular formula is C51H34N4O. The van der Waals surface area contributed by atoms with Crippen molar-refractivity contribution in [1.29, 1.82) is 0 Å². The molecule has 0 fully saturated rings. The maximum absolute atomic E-state index is 6.70. The molecule has 0 radical (unpaired) electrons. The molecule has 0 aliphatic carbocycles. The van der Waals surface area contributed by atoms with Crippen LogP contribution in [0.5, 0.6) is 0 Å². The van der Waals surface area contributed by atoms with Gasteiger partial charge in [0.2, 0.25) is 0 Å². The normalized spacial score (nSPS) is 11.2. The topological polar surface area (TPSA) is 55.1 Å². The fraction of sp³-hybridized carbons (Fsp3) is 0. The van der Waals surface area contributed by atoms with Crippen LogP contribution in [-0.4, -0.2) is 15.0 Å². The van der Waals surface area contributed by atoms with Crippen LogP contribution in [-0.2, 0) is 0 Å². The Bertz CT molecular complexity index is 2830. The molecule has 10 rings (SSSR count). The molecule has 2 aromatic heterocycles. The van der Waals surface area contributed by atoms with Gasteiger partial charge >= 0.3 is 0 Å². The minimum atomic E-state index is 0.590. The number of aromatic nitrogens is 3. The Labute approximate surface area is 324 Å². The zero-order valence-corrected chi connectivity index (χ0v) is 30.3. The predicted molar refractivity (Wildman–Crippen MR) is 229 cm³/mol. The van der Waals surface area contributed by atoms with E-state index in [4.69, 9.17) is 19.4 Å². The molecule has 0 aliphatic rings. The van der Waals surface area contributed by atoms with Gasteiger partial charge in [0, 0.05) is 50.6 Å². The van der Waals surface area contributed by atoms with Crippen molar-refractivity contribution >= 4 is 39.0 Å². The van der Waals surface area contributed by atoms with Gasteiger partial charge in [-0.1, -0.05) is 152 Å². The van der Waals surface area contributed by atoms with Crippen LogP contribution in [0.25, 0.3) is 78.4 Å². The molecule has 10 aromatic rings. The van der Waals surface area contributed by atoms with E-state index >= 15 is 0 Å². The van der Waals surface area contributed by atoms with Crippen molar-refractivity contribution < 1.29 is 4.42 Å². The van der Waals surface area contributed by atoms with E-state index in [0.29, 0.717) is 17.5 Å². The van der Waals surface area contributed by atoms with E-state index in [0.717, 1.165) is 77.9 Å². The first kappa shape index (κ1) is 33.0. The van der Waals surface area contributed by atoms with Gasteiger partial charge in [0.1, 0.15) is 11.2 Å². The van der Waals surface area contributed by atoms with E-state index in [2.05, 4.69) is 138 Å². The summed E-state index contributed by atoms with van der Waals surface area (Å²) >= 11 is 0. The predicted octanol–water partition coefficient (Wildman–Crippen LogP) is 13.6. The number of anilines is 3. The molecule has 0 saturated heterocycles. The molecular weight excluding hydrogens is 685 g/mol. The van der Waals surface area contributed by atoms with Gasteiger partial charge in [-0.25, -0.2) is 15.0 Å². The summed E-state index contributed by atoms with van der Waals surface area (Å²) in [6.45, 7) is 0. The standard InChI is InChI=1S/C51H34N4O/c1-6-17-35(18-7-1)39-31-40(36-19-8-2-9-20-36)33-43(32-39)55(41-25-14-5-15-26-41)42-29-30-44-47(34-42)56-46-28-16-27-45(48(44)46)51-53-49(37-21-10-3-11-22-37)52-50(54-51)38-23-12-4-13-24-38/h1-34H. The molecule has 0 unspecified atom stereocenters. The molecule has 0 amide bonds. The number of fused-ring (bicyclic) bond motifs is 3. The van der Waals surface area contributed by atoms with Gasteiger partial charge in [0.25, 0.3) is 0 Å². The molecule has 0 aliphatic heterocycles. The quantitative estimate of drug-likeness (QED) is 0.157. The first-order valence-electron chi connectivity index (χ1n) is 18.7. The number of hydrogen-bond acceptors (Lipinski definition) is 5. The Morgan fingerprint density at radius 2 is 0.821 bits per heavy atom. The van der Waals surface area contributed by atoms with Crippen LogP contribution >= 0.6 is 0 Å². The third-order valence-corrected chi connectivity index (χ3v) is 10.1. The van der Waals surface area contributed by atoms with Crippen molar-refractivity contribution in [3.8, 4) is 56.4 Å². The highest BCUT2D eigenvalue weighted by Crippen LogP contribution is 2.43. The highest BCUT2D eigenvalue weighted by atomic mass is 16.3. The van der Waals surface area contributed by atoms with Crippen LogP contribution in [0.3, 0.4) is 0 Å². The van der Waals surface area contributed by atoms with Crippen molar-refractivity contribution in [3.63, 3.8) is 0 Å². The number of furan rings is 1. The summed E-state index contributed by atoms with van der Waals surface area (Å²) in [5.41, 5.74) is 11.9. The first-order valence-corrected chi connectivity index (χ1v) is 18.7. The van der Waals surface area contributed by atoms with Crippen molar-refractivity contribution in [3.05, 3.63) is 206 Å². The molecule has 0 saturated carbocycles. The highest BCUT2D eigenvalue weighted by Gasteiger charge is 2.21. The van der Waals surface area contributed by atoms with Gasteiger partial charge < -0.3 is 9.32 Å². The van der Waals surface area contributed by atoms with Gasteiger partial charge in [-0.15, -0.1) is 0 Å². The number of para-hydroxylation sites is 1. The zero-order valence-electron chi connectivity index (χ0n) is 30.3. The molecule has 0 N–H and O–H groups in total. The number of hydrogen-bond donors (Lipinski definition) is 0. The Morgan fingerprint density at radius 3 is 1.38 bits per heavy atom. The lowest BCUT2D eigenvalue weighted by Crippen LogP contribution is -2.10. The van der Waals surface area contributed by atoms with Gasteiger partial charge in [0.15, 0.2) is 17.5 Å². The summed E-state index contributed by atoms with van der Waals surface area (Å²) in [6.07, 6.45) is 0. The maximum Gasteiger partial charge on any atom is 0.164 e. The van der Waals surface area contributed by atoms with Crippen LogP contribution in [0.1, 0.15) is 0 Å². The number of nitrogens with zero attached hydrogens (tertiary/aromatic N) is 4. The van der Waals surface area contributed by atoms with E-state index < -0.39 is 0 Å². The van der Waals surface area contributed by atoms with Crippen molar-refractivity contribution in [2.45, 2.75) is 0 Å². The Morgan fingerprint density at radius 1 is 0.321 bits per heavy atom. The van der Waals surface area contributed by atoms with Crippen LogP contribution in [0.4, 0.5) is 17.1 Å². The molecule has 0 atom stereocenters. The van der Waals surface area contributed by atoms with E-state index in [-0.39, 0.29) is 0 Å². The van der Waals surface area contributed by atoms with Gasteiger partial charge in [-0.3, -0.25) is 0 Å². The molecule has 5 heteroatoms. The summed E-state index contributed by atoms with van der Waals surface area (Å²) in [5, 5.41) is 1.94. The third kappa shape index (κ3) is 6.27. The molecule has 56 heavy (non-hydrogen) atoms. The van der Waals surface area contributed by atoms with Crippen LogP contribution < -0.4 is 4.90 Å². The molecule has 264 valence electrons. The minimum Gasteiger partial charge on any atom is -0.456 e. The summed E-state index contributed by atoms with van der Waals surface area (Å²) < 4.78 is 6.70. The molecule has 0 bridgehead atoms. The van der Waals surface area contributed by atoms with Crippen molar-refractivity contribution in [2.24, 2.45) is 0 Å². The van der Waals surface area contributed by atoms with E-state index in [1.54, 1.807) is 0 Å². The van der Waals surface area contributed by atoms with E-state index in [1.165, 1.54) is 0 Å². The fourth-order valence-corrected chi connectivity index (χ4v) is 7.43. The fourth-order valence-electron chi connectivity index (χ4n) is 7.43. The lowest BCUT2D eigenvalue weighted by molar-refractivity contribution is 0.669. The maximum atomic E-state index is 6.70. The lowest BCUT2D eigenvalue weighted by Gasteiger charge is -2.27. The van der Waals surface area contributed by atoms with Gasteiger partial charge in [-0.05, 0) is 70.8 Å². The van der Waals surface area contributed by atoms with Crippen LogP contribution in [0, 0.1) is 0 Å². The van der Waals surface area contributed by atoms with Crippen LogP contribution in [0.2, 0.25) is 0 Å². The largest absolute Gasteiger partial charge is 0.456 e. The van der Waals surface area contributed by atoms with Gasteiger partial charge in [0.05, 0.1) is 0 Å². The van der Waals surface area contributed by atoms with E-state index in [9.17, 15) is 0 Å². The second-order valence-electron chi connectivity index (χ2n) is 13.7. The molecule has 5 nitrogen and oxygen atoms in total. The molecule has 0 spiro atoms. The van der Waals surface area contributed by atoms with Crippen LogP contribution in [0.15, 0.2) is 211 Å². The SMILES string of the molecule is c1ccc(-c2cc(-c3ccccc3)cc(N(c3ccccc3)c3ccc4c(c3)oc3cccc(-c5nc(-c6ccccc6)nc(-c6ccccc6)n5)c34)c2)cc1. The molecule has 8 aromatic carbocycles. The second kappa shape index (κ2) is 14.3. The number of benzene rings is 8. The average Bonchev–Trinajstić information content (AvgIpc) is 3.66. The second-order valence-corrected chi connectivity index (χ2v) is 13.7. The van der Waals surface area contributed by atoms with Crippen molar-refractivity contribution in [1.82, 2.24) is 15.0 Å². The smallest absolute Gasteiger partial charge is 0.164 e. The zero-order chi connectivity index (χ0) is 37.3. The summed E-state index contributed by atoms with van der Waals surface area (Å²) in [6, 6.07) is 71.1.